The van der Waals surface area contributed by atoms with Crippen LogP contribution >= 0.6 is 11.6 Å². The Balaban J connectivity index is 3.57. The molecule has 0 bridgehead atoms. The zero-order chi connectivity index (χ0) is 8.15. The second kappa shape index (κ2) is 4.52. The van der Waals surface area contributed by atoms with Gasteiger partial charge in [0.05, 0.1) is 0 Å². The molecule has 0 spiro atoms. The average molecular weight is 166 g/mol. The van der Waals surface area contributed by atoms with Gasteiger partial charge in [0.2, 0.25) is 0 Å². The number of rotatable bonds is 3. The molecule has 3 nitrogen and oxygen atoms in total. The summed E-state index contributed by atoms with van der Waals surface area (Å²) in [4.78, 5) is 10.5. The van der Waals surface area contributed by atoms with Crippen LogP contribution in [0.2, 0.25) is 0 Å². The van der Waals surface area contributed by atoms with Crippen LogP contribution < -0.4 is 0 Å². The number of esters is 1. The first kappa shape index (κ1) is 9.72. The Morgan fingerprint density at radius 1 is 1.70 bits per heavy atom. The highest BCUT2D eigenvalue weighted by Crippen LogP contribution is 2.04. The van der Waals surface area contributed by atoms with E-state index in [0.29, 0.717) is 6.42 Å². The summed E-state index contributed by atoms with van der Waals surface area (Å²) in [5.74, 6) is -0.790. The maximum atomic E-state index is 10.5. The van der Waals surface area contributed by atoms with E-state index < -0.39 is 17.6 Å². The monoisotopic (exact) mass is 165 g/mol. The van der Waals surface area contributed by atoms with Crippen molar-refractivity contribution < 1.29 is 14.6 Å². The van der Waals surface area contributed by atoms with Crippen molar-refractivity contribution in [1.82, 2.24) is 0 Å². The fraction of sp³-hybridized carbons (Fsp3) is 0.833. The Hall–Kier alpha value is -0.280. The Kier molecular flexibility index (Phi) is 4.40. The van der Waals surface area contributed by atoms with Crippen LogP contribution in [-0.2, 0) is 14.6 Å². The van der Waals surface area contributed by atoms with Crippen molar-refractivity contribution in [3.8, 4) is 0 Å². The number of carbonyl (C=O) groups excluding carboxylic acids is 1. The Morgan fingerprint density at radius 3 is 2.50 bits per heavy atom. The highest BCUT2D eigenvalue weighted by atomic mass is 35.5. The van der Waals surface area contributed by atoms with Gasteiger partial charge in [-0.1, -0.05) is 18.5 Å². The third kappa shape index (κ3) is 3.69. The summed E-state index contributed by atoms with van der Waals surface area (Å²) in [5.41, 5.74) is -0.663. The Morgan fingerprint density at radius 2 is 2.20 bits per heavy atom. The van der Waals surface area contributed by atoms with Gasteiger partial charge in [-0.15, -0.1) is 0 Å². The fourth-order valence-corrected chi connectivity index (χ4v) is 0.393. The SMILES string of the molecule is CCC(Cl)OC(=O)C(C)[O]. The molecule has 0 saturated heterocycles. The molecule has 0 N–H and O–H groups in total. The van der Waals surface area contributed by atoms with Crippen molar-refractivity contribution in [3.05, 3.63) is 0 Å². The summed E-state index contributed by atoms with van der Waals surface area (Å²) >= 11 is 5.42. The number of alkyl halides is 1. The van der Waals surface area contributed by atoms with Gasteiger partial charge in [-0.05, 0) is 13.3 Å². The minimum absolute atomic E-state index is 0.514. The second-order valence-electron chi connectivity index (χ2n) is 1.90. The first-order valence-electron chi connectivity index (χ1n) is 3.08. The van der Waals surface area contributed by atoms with Gasteiger partial charge < -0.3 is 4.74 Å². The van der Waals surface area contributed by atoms with Crippen molar-refractivity contribution in [1.29, 1.82) is 0 Å². The van der Waals surface area contributed by atoms with E-state index in [4.69, 9.17) is 11.6 Å². The largest absolute Gasteiger partial charge is 0.444 e. The van der Waals surface area contributed by atoms with E-state index in [1.807, 2.05) is 0 Å². The van der Waals surface area contributed by atoms with Crippen molar-refractivity contribution >= 4 is 17.6 Å². The summed E-state index contributed by atoms with van der Waals surface area (Å²) in [7, 11) is 0. The lowest BCUT2D eigenvalue weighted by Gasteiger charge is -2.08. The lowest BCUT2D eigenvalue weighted by Crippen LogP contribution is -2.21. The quantitative estimate of drug-likeness (QED) is 0.468. The zero-order valence-corrected chi connectivity index (χ0v) is 6.72. The van der Waals surface area contributed by atoms with Crippen molar-refractivity contribution in [2.45, 2.75) is 31.9 Å². The van der Waals surface area contributed by atoms with Crippen LogP contribution in [0.5, 0.6) is 0 Å². The van der Waals surface area contributed by atoms with Crippen LogP contribution in [0.4, 0.5) is 0 Å². The van der Waals surface area contributed by atoms with Gasteiger partial charge in [0.25, 0.3) is 0 Å². The fourth-order valence-electron chi connectivity index (χ4n) is 0.305. The average Bonchev–Trinajstić information content (AvgIpc) is 1.87. The van der Waals surface area contributed by atoms with Gasteiger partial charge in [-0.2, -0.15) is 0 Å². The number of hydrogen-bond acceptors (Lipinski definition) is 2. The van der Waals surface area contributed by atoms with Gasteiger partial charge in [-0.3, -0.25) is 0 Å². The lowest BCUT2D eigenvalue weighted by molar-refractivity contribution is -0.157. The first-order valence-corrected chi connectivity index (χ1v) is 3.52. The van der Waals surface area contributed by atoms with Gasteiger partial charge in [0.1, 0.15) is 0 Å². The van der Waals surface area contributed by atoms with Crippen LogP contribution in [0.3, 0.4) is 0 Å². The molecule has 0 aliphatic carbocycles. The highest BCUT2D eigenvalue weighted by Gasteiger charge is 2.15. The molecule has 0 heterocycles. The Bertz CT molecular complexity index is 114. The molecule has 0 aliphatic heterocycles. The number of carbonyl (C=O) groups is 1. The number of ether oxygens (including phenoxy) is 1. The molecule has 0 fully saturated rings. The molecule has 59 valence electrons. The molecule has 1 radical (unpaired) electrons. The Labute approximate surface area is 64.9 Å². The summed E-state index contributed by atoms with van der Waals surface area (Å²) < 4.78 is 4.47. The van der Waals surface area contributed by atoms with E-state index in [0.717, 1.165) is 0 Å². The van der Waals surface area contributed by atoms with E-state index in [1.165, 1.54) is 6.92 Å². The minimum atomic E-state index is -1.34. The second-order valence-corrected chi connectivity index (χ2v) is 2.38. The normalized spacial score (nSPS) is 16.0. The molecule has 0 amide bonds. The summed E-state index contributed by atoms with van der Waals surface area (Å²) in [6.07, 6.45) is -0.826. The maximum absolute atomic E-state index is 10.5. The number of hydrogen-bond donors (Lipinski definition) is 0. The molecule has 2 atom stereocenters. The summed E-state index contributed by atoms with van der Waals surface area (Å²) in [6, 6.07) is 0. The van der Waals surface area contributed by atoms with Gasteiger partial charge in [0.15, 0.2) is 11.7 Å². The topological polar surface area (TPSA) is 46.2 Å². The molecule has 10 heavy (non-hydrogen) atoms. The molecule has 2 unspecified atom stereocenters. The molecule has 0 rings (SSSR count). The summed E-state index contributed by atoms with van der Waals surface area (Å²) in [6.45, 7) is 2.99. The van der Waals surface area contributed by atoms with Crippen LogP contribution in [0, 0.1) is 0 Å². The van der Waals surface area contributed by atoms with Gasteiger partial charge in [0, 0.05) is 0 Å². The highest BCUT2D eigenvalue weighted by molar-refractivity contribution is 6.20. The molecular formula is C6H10ClO3. The van der Waals surface area contributed by atoms with E-state index in [-0.39, 0.29) is 0 Å². The zero-order valence-electron chi connectivity index (χ0n) is 5.96. The van der Waals surface area contributed by atoms with Gasteiger partial charge in [-0.25, -0.2) is 9.90 Å². The van der Waals surface area contributed by atoms with Gasteiger partial charge >= 0.3 is 5.97 Å². The molecule has 0 aromatic carbocycles. The van der Waals surface area contributed by atoms with Crippen LogP contribution in [-0.4, -0.2) is 17.6 Å². The van der Waals surface area contributed by atoms with Crippen LogP contribution in [0.1, 0.15) is 20.3 Å². The predicted octanol–water partition coefficient (Wildman–Crippen LogP) is 1.32. The standard InChI is InChI=1S/C6H10ClO3/c1-3-5(7)10-6(9)4(2)8/h4-5H,3H2,1-2H3. The van der Waals surface area contributed by atoms with Crippen LogP contribution in [0.25, 0.3) is 0 Å². The molecule has 4 heteroatoms. The third-order valence-electron chi connectivity index (χ3n) is 0.897. The van der Waals surface area contributed by atoms with E-state index >= 15 is 0 Å². The third-order valence-corrected chi connectivity index (χ3v) is 1.29. The minimum Gasteiger partial charge on any atom is -0.444 e. The maximum Gasteiger partial charge on any atom is 0.339 e. The smallest absolute Gasteiger partial charge is 0.339 e. The van der Waals surface area contributed by atoms with Crippen molar-refractivity contribution in [2.75, 3.05) is 0 Å². The number of halogens is 1. The van der Waals surface area contributed by atoms with Crippen LogP contribution in [0.15, 0.2) is 0 Å². The first-order chi connectivity index (χ1) is 4.57. The summed E-state index contributed by atoms with van der Waals surface area (Å²) in [5, 5.41) is 10.3. The molecule has 0 aromatic rings. The molecular weight excluding hydrogens is 156 g/mol. The lowest BCUT2D eigenvalue weighted by atomic mass is 10.4. The molecule has 0 saturated carbocycles. The van der Waals surface area contributed by atoms with E-state index in [1.54, 1.807) is 6.92 Å². The van der Waals surface area contributed by atoms with E-state index in [9.17, 15) is 9.90 Å². The van der Waals surface area contributed by atoms with Crippen molar-refractivity contribution in [3.63, 3.8) is 0 Å². The molecule has 0 aliphatic rings. The van der Waals surface area contributed by atoms with E-state index in [2.05, 4.69) is 4.74 Å². The molecule has 0 aromatic heterocycles. The van der Waals surface area contributed by atoms with Crippen molar-refractivity contribution in [2.24, 2.45) is 0 Å². The predicted molar refractivity (Wildman–Crippen MR) is 36.2 cm³/mol.